The molecular formula is C14H16BrClN2OS. The first kappa shape index (κ1) is 14.6. The number of nitrogens with zero attached hydrogens (tertiary/aromatic N) is 1. The predicted octanol–water partition coefficient (Wildman–Crippen LogP) is 4.42. The minimum Gasteiger partial charge on any atom is -0.468 e. The highest BCUT2D eigenvalue weighted by atomic mass is 79.9. The molecule has 1 fully saturated rings. The predicted molar refractivity (Wildman–Crippen MR) is 86.1 cm³/mol. The molecule has 0 radical (unpaired) electrons. The van der Waals surface area contributed by atoms with Gasteiger partial charge in [0.2, 0.25) is 0 Å². The molecule has 3 rings (SSSR count). The molecule has 1 unspecified atom stereocenters. The van der Waals surface area contributed by atoms with Gasteiger partial charge in [-0.2, -0.15) is 0 Å². The number of rotatable bonds is 6. The van der Waals surface area contributed by atoms with Crippen LogP contribution in [0.3, 0.4) is 0 Å². The Kier molecular flexibility index (Phi) is 4.52. The molecule has 1 saturated carbocycles. The maximum absolute atomic E-state index is 6.17. The van der Waals surface area contributed by atoms with E-state index >= 15 is 0 Å². The lowest BCUT2D eigenvalue weighted by atomic mass is 10.2. The Bertz CT molecular complexity index is 548. The van der Waals surface area contributed by atoms with Crippen molar-refractivity contribution >= 4 is 38.9 Å². The van der Waals surface area contributed by atoms with E-state index in [4.69, 9.17) is 21.8 Å². The summed E-state index contributed by atoms with van der Waals surface area (Å²) in [5, 5.41) is 0. The zero-order chi connectivity index (χ0) is 14.1. The molecule has 2 heterocycles. The van der Waals surface area contributed by atoms with Crippen LogP contribution in [0.1, 0.15) is 29.5 Å². The van der Waals surface area contributed by atoms with Crippen molar-refractivity contribution in [1.29, 1.82) is 0 Å². The quantitative estimate of drug-likeness (QED) is 0.812. The first-order chi connectivity index (χ1) is 9.69. The maximum Gasteiger partial charge on any atom is 0.117 e. The summed E-state index contributed by atoms with van der Waals surface area (Å²) in [6.07, 6.45) is 4.19. The van der Waals surface area contributed by atoms with Crippen LogP contribution in [0.2, 0.25) is 4.34 Å². The normalized spacial score (nSPS) is 16.8. The van der Waals surface area contributed by atoms with Gasteiger partial charge in [-0.15, -0.1) is 11.3 Å². The van der Waals surface area contributed by atoms with E-state index in [1.165, 1.54) is 17.7 Å². The van der Waals surface area contributed by atoms with E-state index in [0.29, 0.717) is 12.6 Å². The summed E-state index contributed by atoms with van der Waals surface area (Å²) in [4.78, 5) is 3.65. The Hall–Kier alpha value is -0.330. The molecular weight excluding hydrogens is 360 g/mol. The fourth-order valence-electron chi connectivity index (χ4n) is 2.42. The lowest BCUT2D eigenvalue weighted by Gasteiger charge is -2.29. The Morgan fingerprint density at radius 2 is 2.35 bits per heavy atom. The zero-order valence-corrected chi connectivity index (χ0v) is 14.0. The molecule has 0 aliphatic heterocycles. The Morgan fingerprint density at radius 3 is 2.85 bits per heavy atom. The molecule has 0 spiro atoms. The second-order valence-corrected chi connectivity index (χ2v) is 7.54. The molecule has 0 aromatic carbocycles. The third-order valence-electron chi connectivity index (χ3n) is 3.55. The molecule has 108 valence electrons. The van der Waals surface area contributed by atoms with E-state index in [0.717, 1.165) is 21.1 Å². The van der Waals surface area contributed by atoms with Crippen LogP contribution >= 0.6 is 38.9 Å². The lowest BCUT2D eigenvalue weighted by molar-refractivity contribution is 0.170. The van der Waals surface area contributed by atoms with Crippen molar-refractivity contribution < 1.29 is 4.42 Å². The smallest absolute Gasteiger partial charge is 0.117 e. The molecule has 0 bridgehead atoms. The molecule has 0 saturated heterocycles. The SMILES string of the molecule is NCC(c1cc(Br)c(Cl)s1)N(Cc1ccco1)C1CC1. The summed E-state index contributed by atoms with van der Waals surface area (Å²) >= 11 is 11.2. The number of hydrogen-bond donors (Lipinski definition) is 1. The lowest BCUT2D eigenvalue weighted by Crippen LogP contribution is -2.34. The summed E-state index contributed by atoms with van der Waals surface area (Å²) in [6.45, 7) is 1.38. The van der Waals surface area contributed by atoms with Gasteiger partial charge in [0.05, 0.1) is 18.8 Å². The van der Waals surface area contributed by atoms with Crippen LogP contribution in [0.25, 0.3) is 0 Å². The van der Waals surface area contributed by atoms with E-state index in [-0.39, 0.29) is 6.04 Å². The number of halogens is 2. The van der Waals surface area contributed by atoms with Gasteiger partial charge in [-0.1, -0.05) is 11.6 Å². The van der Waals surface area contributed by atoms with Crippen molar-refractivity contribution in [3.05, 3.63) is 43.9 Å². The second kappa shape index (κ2) is 6.20. The molecule has 1 aliphatic rings. The first-order valence-corrected chi connectivity index (χ1v) is 8.60. The van der Waals surface area contributed by atoms with Crippen LogP contribution in [0, 0.1) is 0 Å². The molecule has 1 atom stereocenters. The van der Waals surface area contributed by atoms with E-state index < -0.39 is 0 Å². The summed E-state index contributed by atoms with van der Waals surface area (Å²) in [6, 6.07) is 6.83. The van der Waals surface area contributed by atoms with Crippen LogP contribution < -0.4 is 5.73 Å². The number of nitrogens with two attached hydrogens (primary N) is 1. The van der Waals surface area contributed by atoms with E-state index in [1.807, 2.05) is 12.1 Å². The van der Waals surface area contributed by atoms with Gasteiger partial charge in [-0.3, -0.25) is 4.90 Å². The van der Waals surface area contributed by atoms with Crippen LogP contribution in [-0.4, -0.2) is 17.5 Å². The summed E-state index contributed by atoms with van der Waals surface area (Å²) in [5.74, 6) is 0.983. The fraction of sp³-hybridized carbons (Fsp3) is 0.429. The van der Waals surface area contributed by atoms with Crippen molar-refractivity contribution in [3.63, 3.8) is 0 Å². The van der Waals surface area contributed by atoms with E-state index in [2.05, 4.69) is 26.9 Å². The van der Waals surface area contributed by atoms with Crippen molar-refractivity contribution in [1.82, 2.24) is 4.90 Å². The number of thiophene rings is 1. The fourth-order valence-corrected chi connectivity index (χ4v) is 4.30. The monoisotopic (exact) mass is 374 g/mol. The first-order valence-electron chi connectivity index (χ1n) is 6.62. The molecule has 6 heteroatoms. The Morgan fingerprint density at radius 1 is 1.55 bits per heavy atom. The van der Waals surface area contributed by atoms with Crippen LogP contribution in [0.5, 0.6) is 0 Å². The van der Waals surface area contributed by atoms with Crippen LogP contribution in [-0.2, 0) is 6.54 Å². The number of hydrogen-bond acceptors (Lipinski definition) is 4. The van der Waals surface area contributed by atoms with Crippen LogP contribution in [0.15, 0.2) is 33.4 Å². The Balaban J connectivity index is 1.84. The van der Waals surface area contributed by atoms with Crippen molar-refractivity contribution in [2.24, 2.45) is 5.73 Å². The average molecular weight is 376 g/mol. The van der Waals surface area contributed by atoms with Gasteiger partial charge >= 0.3 is 0 Å². The third-order valence-corrected chi connectivity index (χ3v) is 6.13. The number of furan rings is 1. The topological polar surface area (TPSA) is 42.4 Å². The van der Waals surface area contributed by atoms with Gasteiger partial charge in [0, 0.05) is 21.9 Å². The molecule has 2 aromatic heterocycles. The van der Waals surface area contributed by atoms with Gasteiger partial charge in [0.25, 0.3) is 0 Å². The van der Waals surface area contributed by atoms with Gasteiger partial charge in [0.15, 0.2) is 0 Å². The largest absolute Gasteiger partial charge is 0.468 e. The van der Waals surface area contributed by atoms with E-state index in [1.54, 1.807) is 17.6 Å². The molecule has 1 aliphatic carbocycles. The van der Waals surface area contributed by atoms with Crippen molar-refractivity contribution in [2.45, 2.75) is 31.5 Å². The van der Waals surface area contributed by atoms with Gasteiger partial charge in [-0.25, -0.2) is 0 Å². The maximum atomic E-state index is 6.17. The van der Waals surface area contributed by atoms with Crippen molar-refractivity contribution in [2.75, 3.05) is 6.54 Å². The minimum absolute atomic E-state index is 0.196. The molecule has 2 N–H and O–H groups in total. The minimum atomic E-state index is 0.196. The van der Waals surface area contributed by atoms with E-state index in [9.17, 15) is 0 Å². The van der Waals surface area contributed by atoms with Gasteiger partial charge in [-0.05, 0) is 47.0 Å². The molecule has 2 aromatic rings. The molecule has 20 heavy (non-hydrogen) atoms. The Labute approximate surface area is 135 Å². The second-order valence-electron chi connectivity index (χ2n) is 5.00. The molecule has 3 nitrogen and oxygen atoms in total. The standard InChI is InChI=1S/C14H16BrClN2OS/c15-11-6-13(20-14(11)16)12(7-17)18(9-3-4-9)8-10-2-1-5-19-10/h1-2,5-6,9,12H,3-4,7-8,17H2. The third kappa shape index (κ3) is 3.12. The summed E-state index contributed by atoms with van der Waals surface area (Å²) in [7, 11) is 0. The van der Waals surface area contributed by atoms with Crippen LogP contribution in [0.4, 0.5) is 0 Å². The summed E-state index contributed by atoms with van der Waals surface area (Å²) in [5.41, 5.74) is 6.04. The summed E-state index contributed by atoms with van der Waals surface area (Å²) < 4.78 is 7.22. The highest BCUT2D eigenvalue weighted by Gasteiger charge is 2.35. The van der Waals surface area contributed by atoms with Gasteiger partial charge < -0.3 is 10.2 Å². The zero-order valence-electron chi connectivity index (χ0n) is 10.9. The molecule has 0 amide bonds. The average Bonchev–Trinajstić information content (AvgIpc) is 3.05. The highest BCUT2D eigenvalue weighted by molar-refractivity contribution is 9.10. The van der Waals surface area contributed by atoms with Gasteiger partial charge in [0.1, 0.15) is 10.1 Å². The highest BCUT2D eigenvalue weighted by Crippen LogP contribution is 2.41. The van der Waals surface area contributed by atoms with Crippen molar-refractivity contribution in [3.8, 4) is 0 Å².